The number of ether oxygens (including phenoxy) is 1. The van der Waals surface area contributed by atoms with Crippen LogP contribution in [0.3, 0.4) is 0 Å². The van der Waals surface area contributed by atoms with E-state index < -0.39 is 5.91 Å². The molecule has 0 fully saturated rings. The SMILES string of the molecule is CCn1cc(NC(=O)c2ccn(COc3ccccc3)n2)c(C(=O)NC)n1. The van der Waals surface area contributed by atoms with E-state index in [1.54, 1.807) is 23.1 Å². The van der Waals surface area contributed by atoms with Crippen molar-refractivity contribution in [1.82, 2.24) is 24.9 Å². The highest BCUT2D eigenvalue weighted by atomic mass is 16.5. The van der Waals surface area contributed by atoms with Crippen molar-refractivity contribution in [2.45, 2.75) is 20.2 Å². The molecule has 0 unspecified atom stereocenters. The fourth-order valence-electron chi connectivity index (χ4n) is 2.36. The lowest BCUT2D eigenvalue weighted by Crippen LogP contribution is -2.22. The monoisotopic (exact) mass is 368 g/mol. The molecule has 0 aliphatic heterocycles. The van der Waals surface area contributed by atoms with E-state index in [0.717, 1.165) is 0 Å². The summed E-state index contributed by atoms with van der Waals surface area (Å²) >= 11 is 0. The Kier molecular flexibility index (Phi) is 5.50. The van der Waals surface area contributed by atoms with Crippen molar-refractivity contribution in [3.8, 4) is 5.75 Å². The third kappa shape index (κ3) is 4.32. The van der Waals surface area contributed by atoms with Gasteiger partial charge in [-0.05, 0) is 25.1 Å². The fraction of sp³-hybridized carbons (Fsp3) is 0.222. The molecule has 0 spiro atoms. The maximum absolute atomic E-state index is 12.5. The summed E-state index contributed by atoms with van der Waals surface area (Å²) in [5, 5.41) is 13.5. The van der Waals surface area contributed by atoms with Crippen LogP contribution in [0.5, 0.6) is 5.75 Å². The smallest absolute Gasteiger partial charge is 0.276 e. The van der Waals surface area contributed by atoms with Gasteiger partial charge in [-0.2, -0.15) is 10.2 Å². The van der Waals surface area contributed by atoms with Crippen molar-refractivity contribution in [2.75, 3.05) is 12.4 Å². The molecule has 2 N–H and O–H groups in total. The Morgan fingerprint density at radius 1 is 1.07 bits per heavy atom. The number of hydrogen-bond donors (Lipinski definition) is 2. The molecule has 0 saturated carbocycles. The Labute approximate surface area is 155 Å². The predicted octanol–water partition coefficient (Wildman–Crippen LogP) is 1.75. The van der Waals surface area contributed by atoms with Crippen LogP contribution in [0.25, 0.3) is 0 Å². The number of nitrogens with one attached hydrogen (secondary N) is 2. The van der Waals surface area contributed by atoms with E-state index in [9.17, 15) is 9.59 Å². The van der Waals surface area contributed by atoms with Crippen LogP contribution < -0.4 is 15.4 Å². The van der Waals surface area contributed by atoms with E-state index >= 15 is 0 Å². The summed E-state index contributed by atoms with van der Waals surface area (Å²) in [7, 11) is 1.51. The minimum atomic E-state index is -0.436. The minimum absolute atomic E-state index is 0.152. The first-order valence-corrected chi connectivity index (χ1v) is 8.43. The number of carbonyl (C=O) groups is 2. The molecule has 3 aromatic rings. The molecule has 9 heteroatoms. The third-order valence-electron chi connectivity index (χ3n) is 3.76. The lowest BCUT2D eigenvalue weighted by atomic mass is 10.3. The molecule has 27 heavy (non-hydrogen) atoms. The molecule has 9 nitrogen and oxygen atoms in total. The van der Waals surface area contributed by atoms with Crippen molar-refractivity contribution in [3.05, 3.63) is 60.2 Å². The van der Waals surface area contributed by atoms with E-state index in [4.69, 9.17) is 4.74 Å². The number of benzene rings is 1. The summed E-state index contributed by atoms with van der Waals surface area (Å²) in [6.45, 7) is 2.64. The third-order valence-corrected chi connectivity index (χ3v) is 3.76. The van der Waals surface area contributed by atoms with Crippen LogP contribution in [-0.2, 0) is 13.3 Å². The van der Waals surface area contributed by atoms with Crippen LogP contribution in [0.2, 0.25) is 0 Å². The molecule has 2 amide bonds. The number of aryl methyl sites for hydroxylation is 1. The van der Waals surface area contributed by atoms with Crippen molar-refractivity contribution in [2.24, 2.45) is 0 Å². The highest BCUT2D eigenvalue weighted by Gasteiger charge is 2.19. The summed E-state index contributed by atoms with van der Waals surface area (Å²) in [6, 6.07) is 10.9. The van der Waals surface area contributed by atoms with Crippen molar-refractivity contribution in [3.63, 3.8) is 0 Å². The van der Waals surface area contributed by atoms with Gasteiger partial charge in [0.1, 0.15) is 5.75 Å². The molecule has 2 heterocycles. The first-order valence-electron chi connectivity index (χ1n) is 8.43. The van der Waals surface area contributed by atoms with Gasteiger partial charge in [0, 0.05) is 26.0 Å². The van der Waals surface area contributed by atoms with E-state index in [1.165, 1.54) is 11.7 Å². The Bertz CT molecular complexity index is 932. The number of anilines is 1. The van der Waals surface area contributed by atoms with Gasteiger partial charge in [0.15, 0.2) is 18.1 Å². The van der Waals surface area contributed by atoms with E-state index in [2.05, 4.69) is 20.8 Å². The second kappa shape index (κ2) is 8.17. The number of carbonyl (C=O) groups excluding carboxylic acids is 2. The van der Waals surface area contributed by atoms with Gasteiger partial charge < -0.3 is 15.4 Å². The second-order valence-electron chi connectivity index (χ2n) is 5.61. The molecule has 0 saturated heterocycles. The minimum Gasteiger partial charge on any atom is -0.471 e. The van der Waals surface area contributed by atoms with Gasteiger partial charge in [-0.15, -0.1) is 0 Å². The summed E-state index contributed by atoms with van der Waals surface area (Å²) in [5.41, 5.74) is 0.689. The van der Waals surface area contributed by atoms with Gasteiger partial charge in [-0.25, -0.2) is 4.68 Å². The summed E-state index contributed by atoms with van der Waals surface area (Å²) in [6.07, 6.45) is 3.25. The van der Waals surface area contributed by atoms with Gasteiger partial charge in [-0.1, -0.05) is 18.2 Å². The Balaban J connectivity index is 1.68. The molecular formula is C18H20N6O3. The summed E-state index contributed by atoms with van der Waals surface area (Å²) in [4.78, 5) is 24.4. The molecule has 0 atom stereocenters. The normalized spacial score (nSPS) is 10.4. The highest BCUT2D eigenvalue weighted by molar-refractivity contribution is 6.07. The van der Waals surface area contributed by atoms with Crippen LogP contribution in [0.4, 0.5) is 5.69 Å². The number of rotatable bonds is 7. The van der Waals surface area contributed by atoms with E-state index in [-0.39, 0.29) is 24.0 Å². The second-order valence-corrected chi connectivity index (χ2v) is 5.61. The maximum Gasteiger partial charge on any atom is 0.276 e. The first kappa shape index (κ1) is 18.2. The standard InChI is InChI=1S/C18H20N6O3/c1-3-23-11-15(16(22-23)18(26)19-2)20-17(25)14-9-10-24(21-14)12-27-13-7-5-4-6-8-13/h4-11H,3,12H2,1-2H3,(H,19,26)(H,20,25). The van der Waals surface area contributed by atoms with Crippen LogP contribution in [0.1, 0.15) is 27.9 Å². The quantitative estimate of drug-likeness (QED) is 0.661. The molecule has 140 valence electrons. The maximum atomic E-state index is 12.5. The van der Waals surface area contributed by atoms with Crippen LogP contribution >= 0.6 is 0 Å². The summed E-state index contributed by atoms with van der Waals surface area (Å²) < 4.78 is 8.68. The van der Waals surface area contributed by atoms with Gasteiger partial charge in [0.25, 0.3) is 11.8 Å². The topological polar surface area (TPSA) is 103 Å². The molecule has 0 bridgehead atoms. The van der Waals surface area contributed by atoms with Crippen molar-refractivity contribution in [1.29, 1.82) is 0 Å². The first-order chi connectivity index (χ1) is 13.1. The van der Waals surface area contributed by atoms with E-state index in [1.807, 2.05) is 37.3 Å². The van der Waals surface area contributed by atoms with Gasteiger partial charge in [0.05, 0.1) is 5.69 Å². The number of amides is 2. The van der Waals surface area contributed by atoms with Gasteiger partial charge >= 0.3 is 0 Å². The van der Waals surface area contributed by atoms with Crippen LogP contribution in [-0.4, -0.2) is 38.4 Å². The fourth-order valence-corrected chi connectivity index (χ4v) is 2.36. The number of para-hydroxylation sites is 1. The van der Waals surface area contributed by atoms with Gasteiger partial charge in [-0.3, -0.25) is 14.3 Å². The largest absolute Gasteiger partial charge is 0.471 e. The highest BCUT2D eigenvalue weighted by Crippen LogP contribution is 2.15. The lowest BCUT2D eigenvalue weighted by molar-refractivity contribution is 0.0958. The van der Waals surface area contributed by atoms with Gasteiger partial charge in [0.2, 0.25) is 0 Å². The summed E-state index contributed by atoms with van der Waals surface area (Å²) in [5.74, 6) is -0.102. The molecule has 0 aliphatic rings. The van der Waals surface area contributed by atoms with Crippen molar-refractivity contribution >= 4 is 17.5 Å². The zero-order chi connectivity index (χ0) is 19.2. The molecule has 1 aromatic carbocycles. The zero-order valence-corrected chi connectivity index (χ0v) is 15.0. The van der Waals surface area contributed by atoms with Crippen LogP contribution in [0, 0.1) is 0 Å². The zero-order valence-electron chi connectivity index (χ0n) is 15.0. The molecule has 0 aliphatic carbocycles. The lowest BCUT2D eigenvalue weighted by Gasteiger charge is -2.05. The number of aromatic nitrogens is 4. The number of hydrogen-bond acceptors (Lipinski definition) is 5. The molecule has 3 rings (SSSR count). The predicted molar refractivity (Wildman–Crippen MR) is 98.5 cm³/mol. The average Bonchev–Trinajstić information content (AvgIpc) is 3.33. The Hall–Kier alpha value is -3.62. The molecule has 0 radical (unpaired) electrons. The molecule has 2 aromatic heterocycles. The molecular weight excluding hydrogens is 348 g/mol. The average molecular weight is 368 g/mol. The Morgan fingerprint density at radius 3 is 2.56 bits per heavy atom. The number of nitrogens with zero attached hydrogens (tertiary/aromatic N) is 4. The van der Waals surface area contributed by atoms with Crippen molar-refractivity contribution < 1.29 is 14.3 Å². The van der Waals surface area contributed by atoms with E-state index in [0.29, 0.717) is 18.0 Å². The Morgan fingerprint density at radius 2 is 1.85 bits per heavy atom. The van der Waals surface area contributed by atoms with Crippen LogP contribution in [0.15, 0.2) is 48.8 Å².